The van der Waals surface area contributed by atoms with E-state index in [0.717, 1.165) is 5.52 Å². The molecule has 136 valence electrons. The highest BCUT2D eigenvalue weighted by molar-refractivity contribution is 7.99. The van der Waals surface area contributed by atoms with Crippen molar-refractivity contribution < 1.29 is 17.6 Å². The van der Waals surface area contributed by atoms with Crippen molar-refractivity contribution in [1.82, 2.24) is 9.55 Å². The SMILES string of the molecule is CCn1c(SCC(=O)c2ccccc2F)nc2cc(S(N)(=O)=O)ccc21. The first kappa shape index (κ1) is 18.6. The molecule has 26 heavy (non-hydrogen) atoms. The third kappa shape index (κ3) is 3.64. The van der Waals surface area contributed by atoms with E-state index >= 15 is 0 Å². The quantitative estimate of drug-likeness (QED) is 0.513. The van der Waals surface area contributed by atoms with Crippen molar-refractivity contribution in [3.05, 3.63) is 53.8 Å². The molecule has 0 fully saturated rings. The lowest BCUT2D eigenvalue weighted by atomic mass is 10.1. The number of aryl methyl sites for hydroxylation is 1. The predicted molar refractivity (Wildman–Crippen MR) is 98.2 cm³/mol. The molecule has 3 rings (SSSR count). The molecule has 3 aromatic rings. The van der Waals surface area contributed by atoms with E-state index in [-0.39, 0.29) is 22.0 Å². The molecule has 0 aliphatic rings. The van der Waals surface area contributed by atoms with Gasteiger partial charge in [0.25, 0.3) is 0 Å². The second kappa shape index (κ2) is 7.18. The first-order valence-corrected chi connectivity index (χ1v) is 10.3. The zero-order chi connectivity index (χ0) is 18.9. The molecule has 6 nitrogen and oxygen atoms in total. The number of primary sulfonamides is 1. The van der Waals surface area contributed by atoms with Crippen molar-refractivity contribution in [2.45, 2.75) is 23.5 Å². The van der Waals surface area contributed by atoms with Crippen LogP contribution in [0, 0.1) is 5.82 Å². The summed E-state index contributed by atoms with van der Waals surface area (Å²) in [4.78, 5) is 16.6. The standard InChI is InChI=1S/C17H16FN3O3S2/c1-2-21-15-8-7-11(26(19,23)24)9-14(15)20-17(21)25-10-16(22)12-5-3-4-6-13(12)18/h3-9H,2,10H2,1H3,(H2,19,23,24). The number of nitrogens with zero attached hydrogens (tertiary/aromatic N) is 2. The minimum atomic E-state index is -3.82. The Hall–Kier alpha value is -2.23. The molecule has 0 amide bonds. The Kier molecular flexibility index (Phi) is 5.12. The first-order valence-electron chi connectivity index (χ1n) is 7.75. The van der Waals surface area contributed by atoms with E-state index in [4.69, 9.17) is 5.14 Å². The van der Waals surface area contributed by atoms with Crippen molar-refractivity contribution in [1.29, 1.82) is 0 Å². The molecule has 0 saturated carbocycles. The molecule has 0 bridgehead atoms. The van der Waals surface area contributed by atoms with E-state index in [1.165, 1.54) is 42.1 Å². The smallest absolute Gasteiger partial charge is 0.238 e. The largest absolute Gasteiger partial charge is 0.319 e. The molecular weight excluding hydrogens is 377 g/mol. The number of benzene rings is 2. The number of carbonyl (C=O) groups is 1. The molecule has 0 aliphatic carbocycles. The van der Waals surface area contributed by atoms with Gasteiger partial charge in [-0.05, 0) is 37.3 Å². The minimum Gasteiger partial charge on any atom is -0.319 e. The van der Waals surface area contributed by atoms with Gasteiger partial charge in [0.1, 0.15) is 5.82 Å². The topological polar surface area (TPSA) is 95.0 Å². The van der Waals surface area contributed by atoms with E-state index in [1.54, 1.807) is 12.1 Å². The lowest BCUT2D eigenvalue weighted by Crippen LogP contribution is -2.11. The summed E-state index contributed by atoms with van der Waals surface area (Å²) in [6.07, 6.45) is 0. The summed E-state index contributed by atoms with van der Waals surface area (Å²) >= 11 is 1.18. The first-order chi connectivity index (χ1) is 12.3. The van der Waals surface area contributed by atoms with Crippen LogP contribution in [0.5, 0.6) is 0 Å². The van der Waals surface area contributed by atoms with Crippen LogP contribution in [0.1, 0.15) is 17.3 Å². The predicted octanol–water partition coefficient (Wildman–Crippen LogP) is 2.82. The monoisotopic (exact) mass is 393 g/mol. The Balaban J connectivity index is 1.90. The average molecular weight is 393 g/mol. The van der Waals surface area contributed by atoms with Gasteiger partial charge in [-0.2, -0.15) is 0 Å². The molecule has 1 heterocycles. The number of fused-ring (bicyclic) bond motifs is 1. The summed E-state index contributed by atoms with van der Waals surface area (Å²) in [5.74, 6) is -0.875. The van der Waals surface area contributed by atoms with E-state index in [0.29, 0.717) is 17.2 Å². The normalized spacial score (nSPS) is 11.8. The molecule has 2 N–H and O–H groups in total. The van der Waals surface area contributed by atoms with Crippen LogP contribution in [0.3, 0.4) is 0 Å². The highest BCUT2D eigenvalue weighted by Gasteiger charge is 2.17. The number of carbonyl (C=O) groups excluding carboxylic acids is 1. The number of hydrogen-bond acceptors (Lipinski definition) is 5. The van der Waals surface area contributed by atoms with Gasteiger partial charge in [0.15, 0.2) is 10.9 Å². The Morgan fingerprint density at radius 2 is 2.00 bits per heavy atom. The van der Waals surface area contributed by atoms with Gasteiger partial charge < -0.3 is 4.57 Å². The third-order valence-electron chi connectivity index (χ3n) is 3.84. The number of Topliss-reactive ketones (excluding diaryl/α,β-unsaturated/α-hetero) is 1. The van der Waals surface area contributed by atoms with Crippen LogP contribution >= 0.6 is 11.8 Å². The van der Waals surface area contributed by atoms with Crippen LogP contribution in [-0.2, 0) is 16.6 Å². The highest BCUT2D eigenvalue weighted by atomic mass is 32.2. The summed E-state index contributed by atoms with van der Waals surface area (Å²) < 4.78 is 38.6. The number of ketones is 1. The van der Waals surface area contributed by atoms with Crippen LogP contribution in [0.15, 0.2) is 52.5 Å². The Labute approximate surface area is 154 Å². The summed E-state index contributed by atoms with van der Waals surface area (Å²) in [5, 5.41) is 5.71. The average Bonchev–Trinajstić information content (AvgIpc) is 2.96. The number of halogens is 1. The van der Waals surface area contributed by atoms with Crippen molar-refractivity contribution in [2.75, 3.05) is 5.75 Å². The molecule has 0 aliphatic heterocycles. The summed E-state index contributed by atoms with van der Waals surface area (Å²) in [6.45, 7) is 2.50. The van der Waals surface area contributed by atoms with Crippen LogP contribution in [-0.4, -0.2) is 29.5 Å². The Morgan fingerprint density at radius 3 is 2.65 bits per heavy atom. The third-order valence-corrected chi connectivity index (χ3v) is 5.72. The minimum absolute atomic E-state index is 0.0201. The molecule has 9 heteroatoms. The summed E-state index contributed by atoms with van der Waals surface area (Å²) in [6, 6.07) is 10.3. The second-order valence-corrected chi connectivity index (χ2v) is 8.03. The second-order valence-electron chi connectivity index (χ2n) is 5.53. The maximum Gasteiger partial charge on any atom is 0.238 e. The van der Waals surface area contributed by atoms with Crippen LogP contribution in [0.4, 0.5) is 4.39 Å². The fourth-order valence-corrected chi connectivity index (χ4v) is 4.07. The Morgan fingerprint density at radius 1 is 1.27 bits per heavy atom. The van der Waals surface area contributed by atoms with Crippen LogP contribution in [0.2, 0.25) is 0 Å². The number of aromatic nitrogens is 2. The van der Waals surface area contributed by atoms with E-state index < -0.39 is 15.8 Å². The van der Waals surface area contributed by atoms with Gasteiger partial charge in [-0.3, -0.25) is 4.79 Å². The van der Waals surface area contributed by atoms with Crippen molar-refractivity contribution >= 4 is 38.6 Å². The van der Waals surface area contributed by atoms with Gasteiger partial charge in [-0.15, -0.1) is 0 Å². The number of thioether (sulfide) groups is 1. The Bertz CT molecular complexity index is 1090. The number of nitrogens with two attached hydrogens (primary N) is 1. The van der Waals surface area contributed by atoms with Crippen LogP contribution in [0.25, 0.3) is 11.0 Å². The van der Waals surface area contributed by atoms with Gasteiger partial charge in [0.2, 0.25) is 10.0 Å². The number of imidazole rings is 1. The maximum absolute atomic E-state index is 13.7. The van der Waals surface area contributed by atoms with Gasteiger partial charge >= 0.3 is 0 Å². The van der Waals surface area contributed by atoms with E-state index in [2.05, 4.69) is 4.98 Å². The summed E-state index contributed by atoms with van der Waals surface area (Å²) in [7, 11) is -3.82. The van der Waals surface area contributed by atoms with Gasteiger partial charge in [-0.1, -0.05) is 23.9 Å². The molecule has 0 saturated heterocycles. The van der Waals surface area contributed by atoms with Crippen molar-refractivity contribution in [2.24, 2.45) is 5.14 Å². The molecule has 0 radical (unpaired) electrons. The molecular formula is C17H16FN3O3S2. The highest BCUT2D eigenvalue weighted by Crippen LogP contribution is 2.26. The number of sulfonamides is 1. The zero-order valence-corrected chi connectivity index (χ0v) is 15.5. The van der Waals surface area contributed by atoms with Gasteiger partial charge in [0, 0.05) is 6.54 Å². The number of hydrogen-bond donors (Lipinski definition) is 1. The molecule has 0 atom stereocenters. The van der Waals surface area contributed by atoms with Gasteiger partial charge in [-0.25, -0.2) is 22.9 Å². The fourth-order valence-electron chi connectivity index (χ4n) is 2.58. The summed E-state index contributed by atoms with van der Waals surface area (Å²) in [5.41, 5.74) is 1.25. The number of rotatable bonds is 6. The lowest BCUT2D eigenvalue weighted by Gasteiger charge is -2.06. The molecule has 0 unspecified atom stereocenters. The van der Waals surface area contributed by atoms with Crippen molar-refractivity contribution in [3.63, 3.8) is 0 Å². The molecule has 1 aromatic heterocycles. The van der Waals surface area contributed by atoms with E-state index in [1.807, 2.05) is 11.5 Å². The van der Waals surface area contributed by atoms with Gasteiger partial charge in [0.05, 0.1) is 27.2 Å². The van der Waals surface area contributed by atoms with Crippen molar-refractivity contribution in [3.8, 4) is 0 Å². The van der Waals surface area contributed by atoms with Crippen LogP contribution < -0.4 is 5.14 Å². The molecule has 2 aromatic carbocycles. The lowest BCUT2D eigenvalue weighted by molar-refractivity contribution is 0.101. The maximum atomic E-state index is 13.7. The zero-order valence-electron chi connectivity index (χ0n) is 13.8. The molecule has 0 spiro atoms. The van der Waals surface area contributed by atoms with E-state index in [9.17, 15) is 17.6 Å². The fraction of sp³-hybridized carbons (Fsp3) is 0.176.